The van der Waals surface area contributed by atoms with Crippen LogP contribution in [-0.2, 0) is 21.5 Å². The Morgan fingerprint density at radius 3 is 2.72 bits per heavy atom. The number of halogens is 1. The standard InChI is InChI=1S/C25H23FN8O2/c1-25(2,24(35)36-3)18-19(14-10-11-14)29-22(30-21(18)31-33-27)20-16-8-6-12-28-23(16)34(32-20)13-15-7-4-5-9-17(15)26/h4-9,12,14H,10-11,13H2,1-3H3. The zero-order chi connectivity index (χ0) is 25.4. The number of ether oxygens (including phenoxy) is 1. The minimum Gasteiger partial charge on any atom is -0.468 e. The molecule has 5 rings (SSSR count). The smallest absolute Gasteiger partial charge is 0.315 e. The molecule has 0 spiro atoms. The number of hydrogen-bond acceptors (Lipinski definition) is 7. The number of hydrogen-bond donors (Lipinski definition) is 0. The van der Waals surface area contributed by atoms with Gasteiger partial charge in [-0.1, -0.05) is 18.2 Å². The van der Waals surface area contributed by atoms with Crippen LogP contribution in [0.5, 0.6) is 0 Å². The van der Waals surface area contributed by atoms with Crippen molar-refractivity contribution < 1.29 is 13.9 Å². The van der Waals surface area contributed by atoms with E-state index < -0.39 is 11.4 Å². The highest BCUT2D eigenvalue weighted by Gasteiger charge is 2.41. The largest absolute Gasteiger partial charge is 0.468 e. The van der Waals surface area contributed by atoms with Crippen molar-refractivity contribution in [1.29, 1.82) is 0 Å². The summed E-state index contributed by atoms with van der Waals surface area (Å²) in [7, 11) is 1.31. The average Bonchev–Trinajstić information content (AvgIpc) is 3.66. The molecule has 1 fully saturated rings. The van der Waals surface area contributed by atoms with Crippen LogP contribution in [-0.4, -0.2) is 37.8 Å². The number of methoxy groups -OCH3 is 1. The molecular weight excluding hydrogens is 463 g/mol. The van der Waals surface area contributed by atoms with Crippen molar-refractivity contribution in [1.82, 2.24) is 24.7 Å². The predicted octanol–water partition coefficient (Wildman–Crippen LogP) is 5.35. The molecule has 11 heteroatoms. The Balaban J connectivity index is 1.72. The van der Waals surface area contributed by atoms with Crippen molar-refractivity contribution in [3.05, 3.63) is 75.7 Å². The van der Waals surface area contributed by atoms with E-state index in [1.165, 1.54) is 13.2 Å². The predicted molar refractivity (Wildman–Crippen MR) is 130 cm³/mol. The molecule has 1 aliphatic carbocycles. The highest BCUT2D eigenvalue weighted by molar-refractivity contribution is 5.90. The number of esters is 1. The molecule has 0 amide bonds. The van der Waals surface area contributed by atoms with E-state index in [-0.39, 0.29) is 29.9 Å². The van der Waals surface area contributed by atoms with Crippen LogP contribution in [0.25, 0.3) is 33.0 Å². The lowest BCUT2D eigenvalue weighted by atomic mass is 9.82. The van der Waals surface area contributed by atoms with E-state index in [1.54, 1.807) is 49.0 Å². The molecule has 10 nitrogen and oxygen atoms in total. The summed E-state index contributed by atoms with van der Waals surface area (Å²) in [6, 6.07) is 10.1. The van der Waals surface area contributed by atoms with Gasteiger partial charge in [0.05, 0.1) is 30.1 Å². The van der Waals surface area contributed by atoms with Gasteiger partial charge in [-0.3, -0.25) is 4.79 Å². The summed E-state index contributed by atoms with van der Waals surface area (Å²) in [5.41, 5.74) is 10.7. The first-order chi connectivity index (χ1) is 17.3. The zero-order valence-electron chi connectivity index (χ0n) is 20.0. The first-order valence-corrected chi connectivity index (χ1v) is 11.5. The van der Waals surface area contributed by atoms with Crippen LogP contribution in [0.3, 0.4) is 0 Å². The number of benzene rings is 1. The summed E-state index contributed by atoms with van der Waals surface area (Å²) in [4.78, 5) is 29.5. The van der Waals surface area contributed by atoms with E-state index in [9.17, 15) is 14.7 Å². The normalized spacial score (nSPS) is 13.4. The van der Waals surface area contributed by atoms with Crippen LogP contribution < -0.4 is 0 Å². The van der Waals surface area contributed by atoms with E-state index in [1.807, 2.05) is 6.07 Å². The first kappa shape index (κ1) is 23.4. The van der Waals surface area contributed by atoms with Crippen LogP contribution in [0.4, 0.5) is 10.2 Å². The summed E-state index contributed by atoms with van der Waals surface area (Å²) in [5.74, 6) is -0.428. The fourth-order valence-electron chi connectivity index (χ4n) is 4.37. The van der Waals surface area contributed by atoms with Crippen LogP contribution in [0.2, 0.25) is 0 Å². The average molecular weight is 487 g/mol. The molecule has 0 N–H and O–H groups in total. The van der Waals surface area contributed by atoms with Gasteiger partial charge >= 0.3 is 5.97 Å². The quantitative estimate of drug-likeness (QED) is 0.150. The summed E-state index contributed by atoms with van der Waals surface area (Å²) in [5, 5.41) is 9.20. The van der Waals surface area contributed by atoms with E-state index in [0.717, 1.165) is 12.8 Å². The van der Waals surface area contributed by atoms with Crippen molar-refractivity contribution in [2.75, 3.05) is 7.11 Å². The Labute approximate surface area is 205 Å². The molecule has 4 aromatic rings. The number of rotatable bonds is 7. The Morgan fingerprint density at radius 1 is 1.25 bits per heavy atom. The maximum atomic E-state index is 14.4. The molecule has 36 heavy (non-hydrogen) atoms. The van der Waals surface area contributed by atoms with Crippen molar-refractivity contribution >= 4 is 22.8 Å². The molecule has 0 aliphatic heterocycles. The van der Waals surface area contributed by atoms with Gasteiger partial charge in [0, 0.05) is 28.2 Å². The highest BCUT2D eigenvalue weighted by atomic mass is 19.1. The minimum atomic E-state index is -1.14. The van der Waals surface area contributed by atoms with Gasteiger partial charge in [0.25, 0.3) is 0 Å². The SMILES string of the molecule is COC(=O)C(C)(C)c1c(N=[N+]=[N-])nc(-c2nn(Cc3ccccc3F)c3ncccc23)nc1C1CC1. The van der Waals surface area contributed by atoms with Gasteiger partial charge in [-0.2, -0.15) is 5.10 Å². The number of aromatic nitrogens is 5. The Kier molecular flexibility index (Phi) is 5.85. The number of fused-ring (bicyclic) bond motifs is 1. The summed E-state index contributed by atoms with van der Waals surface area (Å²) >= 11 is 0. The molecule has 0 bridgehead atoms. The fourth-order valence-corrected chi connectivity index (χ4v) is 4.37. The first-order valence-electron chi connectivity index (χ1n) is 11.5. The Hall–Kier alpha value is -4.37. The summed E-state index contributed by atoms with van der Waals surface area (Å²) < 4.78 is 21.0. The second-order valence-electron chi connectivity index (χ2n) is 9.18. The van der Waals surface area contributed by atoms with Crippen molar-refractivity contribution in [3.63, 3.8) is 0 Å². The molecule has 0 atom stereocenters. The Morgan fingerprint density at radius 2 is 2.03 bits per heavy atom. The number of azide groups is 1. The lowest BCUT2D eigenvalue weighted by molar-refractivity contribution is -0.146. The minimum absolute atomic E-state index is 0.0560. The van der Waals surface area contributed by atoms with E-state index >= 15 is 0 Å². The van der Waals surface area contributed by atoms with Gasteiger partial charge in [0.1, 0.15) is 17.3 Å². The topological polar surface area (TPSA) is 132 Å². The third kappa shape index (κ3) is 4.03. The van der Waals surface area contributed by atoms with Gasteiger partial charge in [-0.05, 0) is 55.5 Å². The van der Waals surface area contributed by atoms with E-state index in [0.29, 0.717) is 33.5 Å². The van der Waals surface area contributed by atoms with Crippen molar-refractivity contribution in [2.24, 2.45) is 5.11 Å². The summed E-state index contributed by atoms with van der Waals surface area (Å²) in [6.45, 7) is 3.55. The fraction of sp³-hybridized carbons (Fsp3) is 0.320. The maximum absolute atomic E-state index is 14.4. The van der Waals surface area contributed by atoms with Gasteiger partial charge in [0.2, 0.25) is 0 Å². The number of nitrogens with zero attached hydrogens (tertiary/aromatic N) is 8. The number of carbonyl (C=O) groups is 1. The highest BCUT2D eigenvalue weighted by Crippen LogP contribution is 2.47. The van der Waals surface area contributed by atoms with Crippen molar-refractivity contribution in [2.45, 2.75) is 44.6 Å². The maximum Gasteiger partial charge on any atom is 0.315 e. The third-order valence-corrected chi connectivity index (χ3v) is 6.34. The molecule has 182 valence electrons. The van der Waals surface area contributed by atoms with Crippen LogP contribution in [0, 0.1) is 5.82 Å². The van der Waals surface area contributed by atoms with Crippen LogP contribution in [0.15, 0.2) is 47.7 Å². The van der Waals surface area contributed by atoms with Gasteiger partial charge < -0.3 is 4.74 Å². The number of pyridine rings is 1. The molecule has 1 aliphatic rings. The van der Waals surface area contributed by atoms with Gasteiger partial charge in [-0.15, -0.1) is 0 Å². The lowest BCUT2D eigenvalue weighted by Crippen LogP contribution is -2.32. The molecule has 3 aromatic heterocycles. The second kappa shape index (κ2) is 9.01. The Bertz CT molecular complexity index is 1540. The monoisotopic (exact) mass is 486 g/mol. The van der Waals surface area contributed by atoms with Gasteiger partial charge in [-0.25, -0.2) is 24.0 Å². The summed E-state index contributed by atoms with van der Waals surface area (Å²) in [6.07, 6.45) is 3.41. The van der Waals surface area contributed by atoms with E-state index in [4.69, 9.17) is 14.8 Å². The van der Waals surface area contributed by atoms with Crippen LogP contribution >= 0.6 is 0 Å². The molecule has 3 heterocycles. The number of carbonyl (C=O) groups excluding carboxylic acids is 1. The third-order valence-electron chi connectivity index (χ3n) is 6.34. The molecule has 0 radical (unpaired) electrons. The molecule has 0 unspecified atom stereocenters. The lowest BCUT2D eigenvalue weighted by Gasteiger charge is -2.26. The molecular formula is C25H23FN8O2. The molecule has 1 aromatic carbocycles. The second-order valence-corrected chi connectivity index (χ2v) is 9.18. The van der Waals surface area contributed by atoms with Crippen LogP contribution in [0.1, 0.15) is 49.4 Å². The molecule has 0 saturated heterocycles. The van der Waals surface area contributed by atoms with Gasteiger partial charge in [0.15, 0.2) is 11.5 Å². The van der Waals surface area contributed by atoms with Crippen molar-refractivity contribution in [3.8, 4) is 11.5 Å². The zero-order valence-corrected chi connectivity index (χ0v) is 20.0. The van der Waals surface area contributed by atoms with E-state index in [2.05, 4.69) is 20.0 Å². The molecule has 1 saturated carbocycles.